The van der Waals surface area contributed by atoms with Gasteiger partial charge < -0.3 is 14.6 Å². The van der Waals surface area contributed by atoms with E-state index in [1.54, 1.807) is 0 Å². The van der Waals surface area contributed by atoms with E-state index in [9.17, 15) is 14.9 Å². The number of benzene rings is 1. The summed E-state index contributed by atoms with van der Waals surface area (Å²) in [5.41, 5.74) is -0.420. The molecule has 1 heterocycles. The Hall–Kier alpha value is -3.16. The number of carboxylic acid groups (broad SMARTS) is 1. The highest BCUT2D eigenvalue weighted by atomic mass is 16.6. The molecule has 0 fully saturated rings. The maximum Gasteiger partial charge on any atom is 0.341 e. The molecule has 0 unspecified atom stereocenters. The van der Waals surface area contributed by atoms with Crippen LogP contribution in [0.2, 0.25) is 0 Å². The number of hydrogen-bond donors (Lipinski definition) is 1. The maximum atomic E-state index is 11.0. The zero-order valence-corrected chi connectivity index (χ0v) is 10.8. The first kappa shape index (κ1) is 14.3. The van der Waals surface area contributed by atoms with Gasteiger partial charge in [-0.25, -0.2) is 4.79 Å². The molecular weight excluding hydrogens is 280 g/mol. The number of nitrogens with zero attached hydrogens (tertiary/aromatic N) is 2. The van der Waals surface area contributed by atoms with Gasteiger partial charge in [0.05, 0.1) is 18.1 Å². The Morgan fingerprint density at radius 3 is 2.71 bits per heavy atom. The molecule has 0 aliphatic rings. The monoisotopic (exact) mass is 290 g/mol. The molecule has 1 aromatic carbocycles. The van der Waals surface area contributed by atoms with Crippen LogP contribution in [0.15, 0.2) is 36.7 Å². The van der Waals surface area contributed by atoms with Crippen molar-refractivity contribution in [2.24, 2.45) is 0 Å². The van der Waals surface area contributed by atoms with Crippen molar-refractivity contribution in [3.63, 3.8) is 0 Å². The van der Waals surface area contributed by atoms with Crippen molar-refractivity contribution in [3.8, 4) is 17.2 Å². The Morgan fingerprint density at radius 1 is 1.33 bits per heavy atom. The van der Waals surface area contributed by atoms with E-state index in [1.165, 1.54) is 31.5 Å². The molecule has 21 heavy (non-hydrogen) atoms. The number of carboxylic acids is 1. The Labute approximate surface area is 118 Å². The molecule has 2 rings (SSSR count). The average Bonchev–Trinajstić information content (AvgIpc) is 2.47. The van der Waals surface area contributed by atoms with Crippen molar-refractivity contribution < 1.29 is 24.3 Å². The van der Waals surface area contributed by atoms with Crippen LogP contribution in [0.5, 0.6) is 17.2 Å². The minimum absolute atomic E-state index is 0.0389. The molecule has 0 atom stereocenters. The number of hydrogen-bond acceptors (Lipinski definition) is 6. The molecule has 1 aromatic heterocycles. The summed E-state index contributed by atoms with van der Waals surface area (Å²) in [5.74, 6) is -0.963. The van der Waals surface area contributed by atoms with Crippen LogP contribution in [0.25, 0.3) is 0 Å². The number of carbonyl (C=O) groups is 1. The zero-order valence-electron chi connectivity index (χ0n) is 10.8. The number of pyridine rings is 1. The topological polar surface area (TPSA) is 112 Å². The van der Waals surface area contributed by atoms with Crippen molar-refractivity contribution in [2.75, 3.05) is 7.11 Å². The molecule has 8 heteroatoms. The van der Waals surface area contributed by atoms with Gasteiger partial charge in [0.15, 0.2) is 5.75 Å². The fourth-order valence-corrected chi connectivity index (χ4v) is 1.63. The summed E-state index contributed by atoms with van der Waals surface area (Å²) in [6.07, 6.45) is 2.50. The highest BCUT2D eigenvalue weighted by molar-refractivity contribution is 5.90. The van der Waals surface area contributed by atoms with Gasteiger partial charge in [0.25, 0.3) is 0 Å². The molecule has 8 nitrogen and oxygen atoms in total. The van der Waals surface area contributed by atoms with Gasteiger partial charge in [-0.2, -0.15) is 0 Å². The quantitative estimate of drug-likeness (QED) is 0.664. The van der Waals surface area contributed by atoms with Gasteiger partial charge >= 0.3 is 11.7 Å². The highest BCUT2D eigenvalue weighted by Crippen LogP contribution is 2.33. The number of aromatic carboxylic acids is 1. The van der Waals surface area contributed by atoms with Crippen molar-refractivity contribution in [1.29, 1.82) is 0 Å². The van der Waals surface area contributed by atoms with Crippen LogP contribution in [0.4, 0.5) is 5.69 Å². The fraction of sp³-hybridized carbons (Fsp3) is 0.0769. The lowest BCUT2D eigenvalue weighted by Gasteiger charge is -2.09. The summed E-state index contributed by atoms with van der Waals surface area (Å²) in [4.78, 5) is 25.0. The molecule has 0 bridgehead atoms. The van der Waals surface area contributed by atoms with Crippen LogP contribution < -0.4 is 9.47 Å². The lowest BCUT2D eigenvalue weighted by Crippen LogP contribution is -2.01. The van der Waals surface area contributed by atoms with Crippen LogP contribution in [0.1, 0.15) is 10.4 Å². The van der Waals surface area contributed by atoms with Gasteiger partial charge in [0.2, 0.25) is 0 Å². The second-order valence-electron chi connectivity index (χ2n) is 3.87. The third-order valence-corrected chi connectivity index (χ3v) is 2.59. The molecule has 0 saturated heterocycles. The summed E-state index contributed by atoms with van der Waals surface area (Å²) >= 11 is 0. The van der Waals surface area contributed by atoms with Gasteiger partial charge in [0.1, 0.15) is 17.1 Å². The van der Waals surface area contributed by atoms with Crippen molar-refractivity contribution in [2.45, 2.75) is 0 Å². The molecule has 0 saturated carbocycles. The fourth-order valence-electron chi connectivity index (χ4n) is 1.63. The number of nitro groups is 1. The second kappa shape index (κ2) is 5.87. The first-order valence-corrected chi connectivity index (χ1v) is 5.70. The van der Waals surface area contributed by atoms with Crippen LogP contribution in [0.3, 0.4) is 0 Å². The standard InChI is InChI=1S/C13H10N2O6/c1-20-12-3-2-8(6-10(12)15(18)19)21-11-4-5-14-7-9(11)13(16)17/h2-7H,1H3,(H,16,17). The van der Waals surface area contributed by atoms with E-state index in [1.807, 2.05) is 0 Å². The summed E-state index contributed by atoms with van der Waals surface area (Å²) in [6.45, 7) is 0. The van der Waals surface area contributed by atoms with Crippen LogP contribution in [-0.4, -0.2) is 28.1 Å². The van der Waals surface area contributed by atoms with Gasteiger partial charge in [-0.1, -0.05) is 0 Å². The zero-order chi connectivity index (χ0) is 15.4. The first-order chi connectivity index (χ1) is 10.0. The normalized spacial score (nSPS) is 9.95. The highest BCUT2D eigenvalue weighted by Gasteiger charge is 2.18. The Morgan fingerprint density at radius 2 is 2.10 bits per heavy atom. The largest absolute Gasteiger partial charge is 0.490 e. The van der Waals surface area contributed by atoms with E-state index in [-0.39, 0.29) is 28.5 Å². The van der Waals surface area contributed by atoms with E-state index in [2.05, 4.69) is 4.98 Å². The molecular formula is C13H10N2O6. The number of methoxy groups -OCH3 is 1. The summed E-state index contributed by atoms with van der Waals surface area (Å²) in [5, 5.41) is 19.9. The van der Waals surface area contributed by atoms with Gasteiger partial charge in [0, 0.05) is 18.5 Å². The predicted octanol–water partition coefficient (Wildman–Crippen LogP) is 2.49. The molecule has 0 radical (unpaired) electrons. The third kappa shape index (κ3) is 3.06. The molecule has 0 aliphatic carbocycles. The lowest BCUT2D eigenvalue weighted by molar-refractivity contribution is -0.385. The Kier molecular flexibility index (Phi) is 3.98. The molecule has 0 aliphatic heterocycles. The molecule has 108 valence electrons. The van der Waals surface area contributed by atoms with E-state index in [4.69, 9.17) is 14.6 Å². The average molecular weight is 290 g/mol. The predicted molar refractivity (Wildman–Crippen MR) is 70.9 cm³/mol. The SMILES string of the molecule is COc1ccc(Oc2ccncc2C(=O)O)cc1[N+](=O)[O-]. The van der Waals surface area contributed by atoms with Crippen LogP contribution in [-0.2, 0) is 0 Å². The number of nitro benzene ring substituents is 1. The molecule has 1 N–H and O–H groups in total. The summed E-state index contributed by atoms with van der Waals surface area (Å²) in [7, 11) is 1.31. The lowest BCUT2D eigenvalue weighted by atomic mass is 10.2. The van der Waals surface area contributed by atoms with E-state index in [0.29, 0.717) is 0 Å². The number of ether oxygens (including phenoxy) is 2. The van der Waals surface area contributed by atoms with Crippen molar-refractivity contribution in [1.82, 2.24) is 4.98 Å². The van der Waals surface area contributed by atoms with E-state index < -0.39 is 10.9 Å². The Bertz CT molecular complexity index is 701. The minimum Gasteiger partial charge on any atom is -0.490 e. The minimum atomic E-state index is -1.21. The van der Waals surface area contributed by atoms with Gasteiger partial charge in [-0.05, 0) is 12.1 Å². The third-order valence-electron chi connectivity index (χ3n) is 2.59. The smallest absolute Gasteiger partial charge is 0.341 e. The van der Waals surface area contributed by atoms with E-state index >= 15 is 0 Å². The van der Waals surface area contributed by atoms with Crippen molar-refractivity contribution >= 4 is 11.7 Å². The molecule has 2 aromatic rings. The van der Waals surface area contributed by atoms with Crippen LogP contribution >= 0.6 is 0 Å². The maximum absolute atomic E-state index is 11.0. The van der Waals surface area contributed by atoms with Gasteiger partial charge in [-0.15, -0.1) is 0 Å². The Balaban J connectivity index is 2.39. The van der Waals surface area contributed by atoms with Crippen LogP contribution in [0, 0.1) is 10.1 Å². The summed E-state index contributed by atoms with van der Waals surface area (Å²) < 4.78 is 10.3. The number of rotatable bonds is 5. The van der Waals surface area contributed by atoms with E-state index in [0.717, 1.165) is 12.3 Å². The summed E-state index contributed by atoms with van der Waals surface area (Å²) in [6, 6.07) is 5.33. The number of aromatic nitrogens is 1. The molecule has 0 amide bonds. The second-order valence-corrected chi connectivity index (χ2v) is 3.87. The first-order valence-electron chi connectivity index (χ1n) is 5.70. The van der Waals surface area contributed by atoms with Crippen molar-refractivity contribution in [3.05, 3.63) is 52.3 Å². The van der Waals surface area contributed by atoms with Gasteiger partial charge in [-0.3, -0.25) is 15.1 Å². The molecule has 0 spiro atoms.